The predicted octanol–water partition coefficient (Wildman–Crippen LogP) is 6.87. The van der Waals surface area contributed by atoms with Gasteiger partial charge in [0, 0.05) is 58.9 Å². The quantitative estimate of drug-likeness (QED) is 0.133. The summed E-state index contributed by atoms with van der Waals surface area (Å²) in [6.07, 6.45) is 0.0580. The third-order valence-corrected chi connectivity index (χ3v) is 8.72. The minimum atomic E-state index is -1.48. The summed E-state index contributed by atoms with van der Waals surface area (Å²) in [7, 11) is 5.70. The van der Waals surface area contributed by atoms with Gasteiger partial charge in [-0.05, 0) is 35.9 Å². The average Bonchev–Trinajstić information content (AvgIpc) is 3.68. The molecule has 16 heteroatoms. The van der Waals surface area contributed by atoms with Crippen LogP contribution in [-0.4, -0.2) is 82.5 Å². The molecule has 5 rings (SSSR count). The largest absolute Gasteiger partial charge is 0.493 e. The third-order valence-electron chi connectivity index (χ3n) is 8.48. The normalized spacial score (nSPS) is 11.8. The Morgan fingerprint density at radius 3 is 2.13 bits per heavy atom. The summed E-state index contributed by atoms with van der Waals surface area (Å²) in [5.41, 5.74) is -0.991. The summed E-state index contributed by atoms with van der Waals surface area (Å²) in [6, 6.07) is 7.41. The van der Waals surface area contributed by atoms with Crippen molar-refractivity contribution in [1.82, 2.24) is 19.4 Å². The average molecular weight is 761 g/mol. The lowest BCUT2D eigenvalue weighted by molar-refractivity contribution is -0.123. The van der Waals surface area contributed by atoms with Gasteiger partial charge in [-0.2, -0.15) is 4.98 Å². The molecule has 0 atom stereocenters. The van der Waals surface area contributed by atoms with Gasteiger partial charge in [-0.3, -0.25) is 24.5 Å². The van der Waals surface area contributed by atoms with Gasteiger partial charge in [0.1, 0.15) is 11.5 Å². The summed E-state index contributed by atoms with van der Waals surface area (Å²) in [5, 5.41) is 16.5. The number of hydrogen-bond acceptors (Lipinski definition) is 10. The summed E-state index contributed by atoms with van der Waals surface area (Å²) >= 11 is 6.31. The fourth-order valence-corrected chi connectivity index (χ4v) is 5.71. The molecule has 2 aromatic carbocycles. The van der Waals surface area contributed by atoms with Crippen molar-refractivity contribution in [2.24, 2.45) is 10.8 Å². The SMILES string of the molecule is COc1cc(Cc2cnc(NC(=O)C(C)(C)C)nc2NC(=O)C(C)(C)C)c2cc(C(=O)c3c(C(=O)N(C)C)n(C(=O)O)c4ccc(Cl)cc34)oc2c1OC. The van der Waals surface area contributed by atoms with Crippen LogP contribution >= 0.6 is 11.6 Å². The van der Waals surface area contributed by atoms with Gasteiger partial charge in [0.2, 0.25) is 29.3 Å². The van der Waals surface area contributed by atoms with E-state index in [-0.39, 0.29) is 74.3 Å². The number of ether oxygens (including phenoxy) is 2. The van der Waals surface area contributed by atoms with Crippen LogP contribution in [-0.2, 0) is 16.0 Å². The van der Waals surface area contributed by atoms with Crippen LogP contribution in [0.25, 0.3) is 21.9 Å². The molecule has 5 aromatic rings. The number of rotatable bonds is 9. The van der Waals surface area contributed by atoms with E-state index in [2.05, 4.69) is 20.6 Å². The molecule has 54 heavy (non-hydrogen) atoms. The molecule has 0 radical (unpaired) electrons. The zero-order chi connectivity index (χ0) is 40.0. The highest BCUT2D eigenvalue weighted by Crippen LogP contribution is 2.42. The van der Waals surface area contributed by atoms with Gasteiger partial charge >= 0.3 is 6.09 Å². The molecule has 3 N–H and O–H groups in total. The number of amides is 3. The summed E-state index contributed by atoms with van der Waals surface area (Å²) < 4.78 is 18.2. The van der Waals surface area contributed by atoms with Gasteiger partial charge in [-0.1, -0.05) is 53.1 Å². The first kappa shape index (κ1) is 39.3. The first-order chi connectivity index (χ1) is 25.2. The second-order valence-electron chi connectivity index (χ2n) is 14.8. The molecule has 0 fully saturated rings. The molecular formula is C38H41ClN6O9. The van der Waals surface area contributed by atoms with Gasteiger partial charge in [-0.15, -0.1) is 0 Å². The van der Waals surface area contributed by atoms with Gasteiger partial charge in [0.05, 0.1) is 25.3 Å². The van der Waals surface area contributed by atoms with Crippen LogP contribution in [0.3, 0.4) is 0 Å². The highest BCUT2D eigenvalue weighted by Gasteiger charge is 2.34. The van der Waals surface area contributed by atoms with Crippen molar-refractivity contribution in [2.45, 2.75) is 48.0 Å². The molecule has 0 saturated heterocycles. The number of hydrogen-bond donors (Lipinski definition) is 3. The van der Waals surface area contributed by atoms with Crippen LogP contribution in [0.2, 0.25) is 5.02 Å². The van der Waals surface area contributed by atoms with E-state index < -0.39 is 34.3 Å². The van der Waals surface area contributed by atoms with E-state index in [9.17, 15) is 29.1 Å². The second-order valence-corrected chi connectivity index (χ2v) is 15.2. The van der Waals surface area contributed by atoms with Gasteiger partial charge in [-0.25, -0.2) is 14.3 Å². The molecule has 284 valence electrons. The summed E-state index contributed by atoms with van der Waals surface area (Å²) in [4.78, 5) is 76.5. The van der Waals surface area contributed by atoms with Crippen LogP contribution in [0, 0.1) is 10.8 Å². The molecule has 3 heterocycles. The molecule has 0 aliphatic heterocycles. The molecule has 0 unspecified atom stereocenters. The Hall–Kier alpha value is -5.96. The molecular weight excluding hydrogens is 720 g/mol. The Morgan fingerprint density at radius 1 is 0.907 bits per heavy atom. The van der Waals surface area contributed by atoms with Crippen molar-refractivity contribution in [1.29, 1.82) is 0 Å². The second kappa shape index (κ2) is 14.5. The highest BCUT2D eigenvalue weighted by molar-refractivity contribution is 6.32. The minimum Gasteiger partial charge on any atom is -0.493 e. The van der Waals surface area contributed by atoms with Crippen LogP contribution in [0.4, 0.5) is 16.6 Å². The van der Waals surface area contributed by atoms with Crippen molar-refractivity contribution in [3.8, 4) is 11.5 Å². The predicted molar refractivity (Wildman–Crippen MR) is 202 cm³/mol. The number of nitrogens with zero attached hydrogens (tertiary/aromatic N) is 4. The Balaban J connectivity index is 1.71. The summed E-state index contributed by atoms with van der Waals surface area (Å²) in [5.74, 6) is -1.91. The topological polar surface area (TPSA) is 195 Å². The third kappa shape index (κ3) is 7.44. The lowest BCUT2D eigenvalue weighted by Crippen LogP contribution is -2.30. The van der Waals surface area contributed by atoms with Crippen molar-refractivity contribution in [3.63, 3.8) is 0 Å². The van der Waals surface area contributed by atoms with Crippen LogP contribution in [0.5, 0.6) is 11.5 Å². The Bertz CT molecular complexity index is 2360. The molecule has 0 aliphatic carbocycles. The number of carbonyl (C=O) groups excluding carboxylic acids is 4. The number of furan rings is 1. The number of aromatic nitrogens is 3. The van der Waals surface area contributed by atoms with Crippen molar-refractivity contribution in [2.75, 3.05) is 38.9 Å². The minimum absolute atomic E-state index is 0.0137. The standard InChI is InChI=1S/C38H41ClN6O9/c1-37(2,3)33(48)41-31-19(17-40-35(42-31)43-34(49)38(4,5)6)13-18-14-25(52-9)30(53-10)29-21(18)16-24(54-29)28(46)26-22-15-20(39)11-12-23(22)45(36(50)51)27(26)32(47)44(7)8/h11-12,14-17H,13H2,1-10H3,(H,50,51)(H2,40,41,42,43,48,49). The van der Waals surface area contributed by atoms with E-state index in [0.29, 0.717) is 16.5 Å². The van der Waals surface area contributed by atoms with E-state index in [0.717, 1.165) is 9.47 Å². The number of nitrogens with one attached hydrogen (secondary N) is 2. The van der Waals surface area contributed by atoms with Crippen molar-refractivity contribution in [3.05, 3.63) is 69.7 Å². The number of halogens is 1. The van der Waals surface area contributed by atoms with Crippen LogP contribution in [0.15, 0.2) is 40.9 Å². The summed E-state index contributed by atoms with van der Waals surface area (Å²) in [6.45, 7) is 10.5. The zero-order valence-corrected chi connectivity index (χ0v) is 32.3. The molecule has 0 bridgehead atoms. The monoisotopic (exact) mass is 760 g/mol. The molecule has 15 nitrogen and oxygen atoms in total. The highest BCUT2D eigenvalue weighted by atomic mass is 35.5. The zero-order valence-electron chi connectivity index (χ0n) is 31.6. The number of anilines is 2. The fraction of sp³-hybridized carbons (Fsp3) is 0.342. The molecule has 3 amide bonds. The first-order valence-corrected chi connectivity index (χ1v) is 17.1. The molecule has 0 aliphatic rings. The molecule has 0 saturated carbocycles. The van der Waals surface area contributed by atoms with Crippen molar-refractivity contribution >= 4 is 74.8 Å². The Labute approximate surface area is 315 Å². The lowest BCUT2D eigenvalue weighted by atomic mass is 9.95. The van der Waals surface area contributed by atoms with Crippen LogP contribution in [0.1, 0.15) is 79.3 Å². The number of carboxylic acid groups (broad SMARTS) is 1. The maximum atomic E-state index is 14.5. The first-order valence-electron chi connectivity index (χ1n) is 16.7. The number of carbonyl (C=O) groups is 5. The smallest absolute Gasteiger partial charge is 0.416 e. The molecule has 3 aromatic heterocycles. The van der Waals surface area contributed by atoms with Gasteiger partial charge < -0.3 is 29.2 Å². The van der Waals surface area contributed by atoms with Crippen LogP contribution < -0.4 is 20.1 Å². The molecule has 0 spiro atoms. The fourth-order valence-electron chi connectivity index (χ4n) is 5.54. The van der Waals surface area contributed by atoms with E-state index >= 15 is 0 Å². The van der Waals surface area contributed by atoms with E-state index in [1.807, 2.05) is 0 Å². The number of methoxy groups -OCH3 is 2. The number of benzene rings is 2. The number of fused-ring (bicyclic) bond motifs is 2. The number of ketones is 1. The van der Waals surface area contributed by atoms with E-state index in [1.165, 1.54) is 58.8 Å². The maximum absolute atomic E-state index is 14.5. The van der Waals surface area contributed by atoms with Gasteiger partial charge in [0.15, 0.2) is 17.1 Å². The Kier molecular flexibility index (Phi) is 10.5. The van der Waals surface area contributed by atoms with E-state index in [1.54, 1.807) is 47.6 Å². The van der Waals surface area contributed by atoms with Crippen molar-refractivity contribution < 1.29 is 43.0 Å². The Morgan fingerprint density at radius 2 is 1.56 bits per heavy atom. The van der Waals surface area contributed by atoms with E-state index in [4.69, 9.17) is 25.5 Å². The maximum Gasteiger partial charge on any atom is 0.416 e. The van der Waals surface area contributed by atoms with Gasteiger partial charge in [0.25, 0.3) is 5.91 Å². The lowest BCUT2D eigenvalue weighted by Gasteiger charge is -2.20.